The van der Waals surface area contributed by atoms with Gasteiger partial charge in [0, 0.05) is 23.1 Å². The number of carbonyl (C=O) groups excluding carboxylic acids is 1. The number of nitrogens with zero attached hydrogens (tertiary/aromatic N) is 1. The molecule has 1 heterocycles. The van der Waals surface area contributed by atoms with E-state index in [9.17, 15) is 9.59 Å². The van der Waals surface area contributed by atoms with Gasteiger partial charge in [0.25, 0.3) is 5.91 Å². The molecule has 124 valence electrons. The highest BCUT2D eigenvalue weighted by Gasteiger charge is 2.23. The maximum Gasteiger partial charge on any atom is 0.325 e. The fourth-order valence-corrected chi connectivity index (χ4v) is 2.72. The van der Waals surface area contributed by atoms with Gasteiger partial charge in [0.2, 0.25) is 0 Å². The van der Waals surface area contributed by atoms with Gasteiger partial charge in [-0.15, -0.1) is 0 Å². The lowest BCUT2D eigenvalue weighted by atomic mass is 10.1. The van der Waals surface area contributed by atoms with Gasteiger partial charge >= 0.3 is 5.97 Å². The van der Waals surface area contributed by atoms with E-state index in [1.165, 1.54) is 6.92 Å². The standard InChI is InChI=1S/C17H22N2O4/c1-5-8-19-11(3)15(16(20)18-10(2)17(21)22)13-9-12(23-4)6-7-14(13)19/h6-7,9-10H,5,8H2,1-4H3,(H,18,20)(H,21,22)/t10-/m1/s1. The van der Waals surface area contributed by atoms with Crippen LogP contribution in [0.4, 0.5) is 0 Å². The van der Waals surface area contributed by atoms with Crippen molar-refractivity contribution in [3.8, 4) is 5.75 Å². The molecule has 0 aliphatic rings. The third-order valence-electron chi connectivity index (χ3n) is 3.92. The van der Waals surface area contributed by atoms with Crippen LogP contribution in [0.25, 0.3) is 10.9 Å². The second-order valence-electron chi connectivity index (χ2n) is 5.53. The van der Waals surface area contributed by atoms with Crippen LogP contribution in [-0.4, -0.2) is 34.7 Å². The van der Waals surface area contributed by atoms with Crippen LogP contribution in [0.5, 0.6) is 5.75 Å². The summed E-state index contributed by atoms with van der Waals surface area (Å²) >= 11 is 0. The number of amides is 1. The first kappa shape index (κ1) is 16.9. The zero-order chi connectivity index (χ0) is 17.1. The number of aliphatic carboxylic acids is 1. The Morgan fingerprint density at radius 2 is 2.09 bits per heavy atom. The van der Waals surface area contributed by atoms with E-state index in [1.54, 1.807) is 7.11 Å². The summed E-state index contributed by atoms with van der Waals surface area (Å²) in [4.78, 5) is 23.6. The summed E-state index contributed by atoms with van der Waals surface area (Å²) in [5, 5.41) is 12.3. The third kappa shape index (κ3) is 3.16. The van der Waals surface area contributed by atoms with Crippen LogP contribution in [0.1, 0.15) is 36.3 Å². The van der Waals surface area contributed by atoms with E-state index >= 15 is 0 Å². The molecule has 23 heavy (non-hydrogen) atoms. The Balaban J connectivity index is 2.58. The number of benzene rings is 1. The molecule has 1 atom stereocenters. The quantitative estimate of drug-likeness (QED) is 0.858. The van der Waals surface area contributed by atoms with Crippen LogP contribution < -0.4 is 10.1 Å². The SMILES string of the molecule is CCCn1c(C)c(C(=O)N[C@H](C)C(=O)O)c2cc(OC)ccc21. The predicted octanol–water partition coefficient (Wildman–Crippen LogP) is 2.57. The van der Waals surface area contributed by atoms with E-state index in [1.807, 2.05) is 25.1 Å². The fraction of sp³-hybridized carbons (Fsp3) is 0.412. The second-order valence-corrected chi connectivity index (χ2v) is 5.53. The molecule has 2 rings (SSSR count). The number of methoxy groups -OCH3 is 1. The van der Waals surface area contributed by atoms with Crippen molar-refractivity contribution in [2.24, 2.45) is 0 Å². The van der Waals surface area contributed by atoms with E-state index in [0.717, 1.165) is 29.6 Å². The molecule has 0 saturated heterocycles. The van der Waals surface area contributed by atoms with Gasteiger partial charge in [-0.25, -0.2) is 0 Å². The van der Waals surface area contributed by atoms with Crippen LogP contribution in [0, 0.1) is 6.92 Å². The lowest BCUT2D eigenvalue weighted by molar-refractivity contribution is -0.138. The molecule has 0 bridgehead atoms. The number of carbonyl (C=O) groups is 2. The number of carboxylic acid groups (broad SMARTS) is 1. The summed E-state index contributed by atoms with van der Waals surface area (Å²) in [6, 6.07) is 4.65. The van der Waals surface area contributed by atoms with Gasteiger partial charge in [-0.3, -0.25) is 9.59 Å². The normalized spacial score (nSPS) is 12.2. The Kier molecular flexibility index (Phi) is 4.93. The summed E-state index contributed by atoms with van der Waals surface area (Å²) in [6.45, 7) is 6.18. The summed E-state index contributed by atoms with van der Waals surface area (Å²) in [5.41, 5.74) is 2.27. The van der Waals surface area contributed by atoms with Crippen LogP contribution in [-0.2, 0) is 11.3 Å². The minimum atomic E-state index is -1.06. The molecule has 6 nitrogen and oxygen atoms in total. The minimum Gasteiger partial charge on any atom is -0.497 e. The van der Waals surface area contributed by atoms with Gasteiger partial charge in [0.05, 0.1) is 12.7 Å². The molecule has 0 fully saturated rings. The van der Waals surface area contributed by atoms with Crippen molar-refractivity contribution in [1.82, 2.24) is 9.88 Å². The Bertz CT molecular complexity index is 749. The van der Waals surface area contributed by atoms with Crippen molar-refractivity contribution in [3.63, 3.8) is 0 Å². The summed E-state index contributed by atoms with van der Waals surface area (Å²) in [5.74, 6) is -0.789. The lowest BCUT2D eigenvalue weighted by Crippen LogP contribution is -2.38. The van der Waals surface area contributed by atoms with Gasteiger partial charge in [-0.1, -0.05) is 6.92 Å². The van der Waals surface area contributed by atoms with Gasteiger partial charge < -0.3 is 19.7 Å². The third-order valence-corrected chi connectivity index (χ3v) is 3.92. The number of carboxylic acids is 1. The van der Waals surface area contributed by atoms with E-state index in [2.05, 4.69) is 16.8 Å². The van der Waals surface area contributed by atoms with E-state index in [0.29, 0.717) is 11.3 Å². The topological polar surface area (TPSA) is 80.6 Å². The summed E-state index contributed by atoms with van der Waals surface area (Å²) in [7, 11) is 1.57. The van der Waals surface area contributed by atoms with Crippen molar-refractivity contribution >= 4 is 22.8 Å². The van der Waals surface area contributed by atoms with Crippen molar-refractivity contribution in [2.75, 3.05) is 7.11 Å². The molecule has 0 aliphatic carbocycles. The smallest absolute Gasteiger partial charge is 0.325 e. The van der Waals surface area contributed by atoms with Gasteiger partial charge in [0.1, 0.15) is 11.8 Å². The molecular formula is C17H22N2O4. The van der Waals surface area contributed by atoms with E-state index in [4.69, 9.17) is 9.84 Å². The zero-order valence-corrected chi connectivity index (χ0v) is 13.8. The molecule has 0 radical (unpaired) electrons. The molecule has 2 N–H and O–H groups in total. The fourth-order valence-electron chi connectivity index (χ4n) is 2.72. The molecule has 1 aromatic carbocycles. The minimum absolute atomic E-state index is 0.384. The Morgan fingerprint density at radius 3 is 2.65 bits per heavy atom. The average Bonchev–Trinajstić information content (AvgIpc) is 2.79. The Labute approximate surface area is 135 Å². The predicted molar refractivity (Wildman–Crippen MR) is 88.1 cm³/mol. The number of hydrogen-bond acceptors (Lipinski definition) is 3. The summed E-state index contributed by atoms with van der Waals surface area (Å²) in [6.07, 6.45) is 0.934. The number of aryl methyl sites for hydroxylation is 1. The van der Waals surface area contributed by atoms with Crippen LogP contribution in [0.3, 0.4) is 0 Å². The van der Waals surface area contributed by atoms with E-state index in [-0.39, 0.29) is 5.91 Å². The molecular weight excluding hydrogens is 296 g/mol. The molecule has 6 heteroatoms. The molecule has 0 saturated carbocycles. The number of fused-ring (bicyclic) bond motifs is 1. The monoisotopic (exact) mass is 318 g/mol. The zero-order valence-electron chi connectivity index (χ0n) is 13.8. The second kappa shape index (κ2) is 6.73. The first-order valence-corrected chi connectivity index (χ1v) is 7.61. The van der Waals surface area contributed by atoms with Crippen LogP contribution in [0.2, 0.25) is 0 Å². The number of nitrogens with one attached hydrogen (secondary N) is 1. The number of rotatable bonds is 6. The van der Waals surface area contributed by atoms with E-state index < -0.39 is 12.0 Å². The Morgan fingerprint density at radius 1 is 1.39 bits per heavy atom. The molecule has 1 aromatic heterocycles. The first-order chi connectivity index (χ1) is 10.9. The maximum atomic E-state index is 12.6. The van der Waals surface area contributed by atoms with Gasteiger partial charge in [-0.05, 0) is 38.5 Å². The molecule has 2 aromatic rings. The number of ether oxygens (including phenoxy) is 1. The maximum absolute atomic E-state index is 12.6. The highest BCUT2D eigenvalue weighted by atomic mass is 16.5. The van der Waals surface area contributed by atoms with Crippen molar-refractivity contribution in [3.05, 3.63) is 29.5 Å². The van der Waals surface area contributed by atoms with Crippen molar-refractivity contribution in [1.29, 1.82) is 0 Å². The molecule has 0 aliphatic heterocycles. The van der Waals surface area contributed by atoms with Gasteiger partial charge in [-0.2, -0.15) is 0 Å². The van der Waals surface area contributed by atoms with Gasteiger partial charge in [0.15, 0.2) is 0 Å². The summed E-state index contributed by atoms with van der Waals surface area (Å²) < 4.78 is 7.33. The highest BCUT2D eigenvalue weighted by Crippen LogP contribution is 2.29. The molecule has 0 spiro atoms. The number of hydrogen-bond donors (Lipinski definition) is 2. The number of aromatic nitrogens is 1. The first-order valence-electron chi connectivity index (χ1n) is 7.61. The lowest BCUT2D eigenvalue weighted by Gasteiger charge is -2.10. The molecule has 1 amide bonds. The van der Waals surface area contributed by atoms with Crippen molar-refractivity contribution < 1.29 is 19.4 Å². The van der Waals surface area contributed by atoms with Crippen molar-refractivity contribution in [2.45, 2.75) is 39.8 Å². The Hall–Kier alpha value is -2.50. The highest BCUT2D eigenvalue weighted by molar-refractivity contribution is 6.09. The average molecular weight is 318 g/mol. The largest absolute Gasteiger partial charge is 0.497 e. The van der Waals surface area contributed by atoms with Crippen LogP contribution >= 0.6 is 0 Å². The molecule has 0 unspecified atom stereocenters. The van der Waals surface area contributed by atoms with Crippen LogP contribution in [0.15, 0.2) is 18.2 Å².